The van der Waals surface area contributed by atoms with Crippen LogP contribution in [0.2, 0.25) is 0 Å². The molecule has 3 rings (SSSR count). The summed E-state index contributed by atoms with van der Waals surface area (Å²) in [5, 5.41) is 12.2. The predicted molar refractivity (Wildman–Crippen MR) is 92.8 cm³/mol. The third-order valence-corrected chi connectivity index (χ3v) is 7.10. The van der Waals surface area contributed by atoms with Gasteiger partial charge in [-0.25, -0.2) is 8.42 Å². The van der Waals surface area contributed by atoms with Crippen molar-refractivity contribution in [2.75, 3.05) is 13.1 Å². The maximum Gasteiger partial charge on any atom is 0.243 e. The Labute approximate surface area is 148 Å². The van der Waals surface area contributed by atoms with Crippen LogP contribution in [-0.2, 0) is 21.4 Å². The molecule has 6 nitrogen and oxygen atoms in total. The van der Waals surface area contributed by atoms with Crippen molar-refractivity contribution in [3.8, 4) is 6.07 Å². The summed E-state index contributed by atoms with van der Waals surface area (Å²) in [5.74, 6) is -0.221. The zero-order valence-corrected chi connectivity index (χ0v) is 15.0. The average Bonchev–Trinajstić information content (AvgIpc) is 3.32. The summed E-state index contributed by atoms with van der Waals surface area (Å²) in [6, 6.07) is 8.79. The van der Waals surface area contributed by atoms with Gasteiger partial charge in [-0.1, -0.05) is 25.0 Å². The average molecular weight is 361 g/mol. The minimum atomic E-state index is -3.41. The number of carbonyl (C=O) groups is 1. The van der Waals surface area contributed by atoms with Crippen LogP contribution in [0.25, 0.3) is 0 Å². The fourth-order valence-electron chi connectivity index (χ4n) is 3.58. The van der Waals surface area contributed by atoms with Gasteiger partial charge in [0.1, 0.15) is 5.41 Å². The molecule has 0 aromatic heterocycles. The molecule has 7 heteroatoms. The molecule has 1 aromatic carbocycles. The molecule has 1 aliphatic heterocycles. The van der Waals surface area contributed by atoms with Gasteiger partial charge in [0.15, 0.2) is 0 Å². The van der Waals surface area contributed by atoms with Gasteiger partial charge in [0.05, 0.1) is 11.0 Å². The number of nitrogens with one attached hydrogen (secondary N) is 1. The van der Waals surface area contributed by atoms with Crippen molar-refractivity contribution in [3.05, 3.63) is 29.8 Å². The standard InChI is InChI=1S/C18H23N3O3S/c19-14-18(9-1-2-10-18)17(22)20-13-15-5-7-16(8-6-15)25(23,24)21-11-3-4-12-21/h5-8H,1-4,9-13H2,(H,20,22). The molecule has 134 valence electrons. The van der Waals surface area contributed by atoms with Crippen molar-refractivity contribution >= 4 is 15.9 Å². The Balaban J connectivity index is 1.63. The van der Waals surface area contributed by atoms with E-state index in [0.29, 0.717) is 32.5 Å². The molecule has 1 saturated heterocycles. The van der Waals surface area contributed by atoms with Crippen molar-refractivity contribution in [1.29, 1.82) is 5.26 Å². The number of sulfonamides is 1. The lowest BCUT2D eigenvalue weighted by Gasteiger charge is -2.19. The maximum atomic E-state index is 12.5. The molecule has 1 aromatic rings. The Kier molecular flexibility index (Phi) is 5.11. The van der Waals surface area contributed by atoms with Crippen LogP contribution in [0.5, 0.6) is 0 Å². The fourth-order valence-corrected chi connectivity index (χ4v) is 5.09. The molecule has 1 amide bonds. The molecule has 25 heavy (non-hydrogen) atoms. The Morgan fingerprint density at radius 2 is 1.72 bits per heavy atom. The first kappa shape index (κ1) is 17.9. The quantitative estimate of drug-likeness (QED) is 0.870. The number of amides is 1. The van der Waals surface area contributed by atoms with Crippen LogP contribution in [0.3, 0.4) is 0 Å². The highest BCUT2D eigenvalue weighted by atomic mass is 32.2. The topological polar surface area (TPSA) is 90.3 Å². The van der Waals surface area contributed by atoms with Gasteiger partial charge in [-0.3, -0.25) is 4.79 Å². The van der Waals surface area contributed by atoms with Gasteiger partial charge in [0.25, 0.3) is 0 Å². The van der Waals surface area contributed by atoms with E-state index in [-0.39, 0.29) is 10.8 Å². The number of benzene rings is 1. The van der Waals surface area contributed by atoms with Crippen molar-refractivity contribution in [3.63, 3.8) is 0 Å². The van der Waals surface area contributed by atoms with Gasteiger partial charge in [-0.15, -0.1) is 0 Å². The summed E-state index contributed by atoms with van der Waals surface area (Å²) in [6.07, 6.45) is 4.85. The summed E-state index contributed by atoms with van der Waals surface area (Å²) < 4.78 is 26.5. The lowest BCUT2D eigenvalue weighted by molar-refractivity contribution is -0.128. The second kappa shape index (κ2) is 7.14. The molecule has 1 saturated carbocycles. The van der Waals surface area contributed by atoms with Crippen LogP contribution in [0, 0.1) is 16.7 Å². The Bertz CT molecular complexity index is 769. The van der Waals surface area contributed by atoms with E-state index in [1.807, 2.05) is 0 Å². The highest BCUT2D eigenvalue weighted by Crippen LogP contribution is 2.37. The van der Waals surface area contributed by atoms with E-state index in [1.54, 1.807) is 24.3 Å². The van der Waals surface area contributed by atoms with Gasteiger partial charge in [0.2, 0.25) is 15.9 Å². The molecule has 0 bridgehead atoms. The number of carbonyl (C=O) groups excluding carboxylic acids is 1. The third kappa shape index (κ3) is 3.55. The molecule has 0 spiro atoms. The molecule has 0 radical (unpaired) electrons. The number of hydrogen-bond donors (Lipinski definition) is 1. The zero-order valence-electron chi connectivity index (χ0n) is 14.2. The van der Waals surface area contributed by atoms with Crippen LogP contribution < -0.4 is 5.32 Å². The Morgan fingerprint density at radius 1 is 1.12 bits per heavy atom. The highest BCUT2D eigenvalue weighted by Gasteiger charge is 2.41. The molecular weight excluding hydrogens is 338 g/mol. The van der Waals surface area contributed by atoms with Crippen LogP contribution in [0.4, 0.5) is 0 Å². The van der Waals surface area contributed by atoms with Crippen molar-refractivity contribution in [2.24, 2.45) is 5.41 Å². The molecule has 2 fully saturated rings. The Hall–Kier alpha value is -1.91. The number of nitriles is 1. The van der Waals surface area contributed by atoms with E-state index in [2.05, 4.69) is 11.4 Å². The molecule has 1 aliphatic carbocycles. The van der Waals surface area contributed by atoms with Crippen LogP contribution in [-0.4, -0.2) is 31.7 Å². The van der Waals surface area contributed by atoms with E-state index in [0.717, 1.165) is 31.2 Å². The molecule has 0 atom stereocenters. The van der Waals surface area contributed by atoms with E-state index in [4.69, 9.17) is 0 Å². The second-order valence-corrected chi connectivity index (χ2v) is 8.78. The second-order valence-electron chi connectivity index (χ2n) is 6.84. The summed E-state index contributed by atoms with van der Waals surface area (Å²) in [5.41, 5.74) is -0.0706. The molecule has 2 aliphatic rings. The molecule has 1 heterocycles. The predicted octanol–water partition coefficient (Wildman–Crippen LogP) is 2.17. The molecule has 0 unspecified atom stereocenters. The van der Waals surface area contributed by atoms with E-state index in [1.165, 1.54) is 4.31 Å². The normalized spacial score (nSPS) is 20.3. The summed E-state index contributed by atoms with van der Waals surface area (Å²) in [6.45, 7) is 1.46. The van der Waals surface area contributed by atoms with E-state index >= 15 is 0 Å². The van der Waals surface area contributed by atoms with Crippen molar-refractivity contribution in [2.45, 2.75) is 50.0 Å². The maximum absolute atomic E-state index is 12.5. The summed E-state index contributed by atoms with van der Waals surface area (Å²) >= 11 is 0. The zero-order chi connectivity index (χ0) is 17.9. The summed E-state index contributed by atoms with van der Waals surface area (Å²) in [7, 11) is -3.41. The number of rotatable bonds is 5. The third-order valence-electron chi connectivity index (χ3n) is 5.18. The molecular formula is C18H23N3O3S. The van der Waals surface area contributed by atoms with E-state index < -0.39 is 15.4 Å². The number of hydrogen-bond acceptors (Lipinski definition) is 4. The molecule has 1 N–H and O–H groups in total. The van der Waals surface area contributed by atoms with Crippen LogP contribution >= 0.6 is 0 Å². The minimum absolute atomic E-state index is 0.221. The van der Waals surface area contributed by atoms with Gasteiger partial charge >= 0.3 is 0 Å². The monoisotopic (exact) mass is 361 g/mol. The van der Waals surface area contributed by atoms with Gasteiger partial charge in [0, 0.05) is 19.6 Å². The SMILES string of the molecule is N#CC1(C(=O)NCc2ccc(S(=O)(=O)N3CCCC3)cc2)CCCC1. The summed E-state index contributed by atoms with van der Waals surface area (Å²) in [4.78, 5) is 12.6. The van der Waals surface area contributed by atoms with Gasteiger partial charge in [-0.2, -0.15) is 9.57 Å². The van der Waals surface area contributed by atoms with Crippen LogP contribution in [0.1, 0.15) is 44.1 Å². The smallest absolute Gasteiger partial charge is 0.243 e. The first-order valence-electron chi connectivity index (χ1n) is 8.77. The fraction of sp³-hybridized carbons (Fsp3) is 0.556. The van der Waals surface area contributed by atoms with Gasteiger partial charge in [-0.05, 0) is 43.4 Å². The van der Waals surface area contributed by atoms with E-state index in [9.17, 15) is 18.5 Å². The van der Waals surface area contributed by atoms with Crippen molar-refractivity contribution in [1.82, 2.24) is 9.62 Å². The number of nitrogens with zero attached hydrogens (tertiary/aromatic N) is 2. The highest BCUT2D eigenvalue weighted by molar-refractivity contribution is 7.89. The lowest BCUT2D eigenvalue weighted by atomic mass is 9.87. The first-order valence-corrected chi connectivity index (χ1v) is 10.2. The van der Waals surface area contributed by atoms with Crippen LogP contribution in [0.15, 0.2) is 29.2 Å². The van der Waals surface area contributed by atoms with Crippen molar-refractivity contribution < 1.29 is 13.2 Å². The largest absolute Gasteiger partial charge is 0.351 e. The minimum Gasteiger partial charge on any atom is -0.351 e. The van der Waals surface area contributed by atoms with Gasteiger partial charge < -0.3 is 5.32 Å². The first-order chi connectivity index (χ1) is 12.0. The Morgan fingerprint density at radius 3 is 2.28 bits per heavy atom. The lowest BCUT2D eigenvalue weighted by Crippen LogP contribution is -2.37.